The van der Waals surface area contributed by atoms with Crippen molar-refractivity contribution in [1.29, 1.82) is 0 Å². The molecule has 6 heteroatoms. The highest BCUT2D eigenvalue weighted by Gasteiger charge is 2.26. The maximum atomic E-state index is 13.0. The lowest BCUT2D eigenvalue weighted by Gasteiger charge is -2.07. The summed E-state index contributed by atoms with van der Waals surface area (Å²) in [6.45, 7) is 1.82. The van der Waals surface area contributed by atoms with Crippen molar-refractivity contribution in [3.8, 4) is 0 Å². The molecule has 1 aromatic carbocycles. The molecule has 0 aliphatic carbocycles. The molecule has 0 saturated carbocycles. The van der Waals surface area contributed by atoms with Crippen LogP contribution in [0.15, 0.2) is 59.8 Å². The highest BCUT2D eigenvalue weighted by atomic mass is 32.2. The third kappa shape index (κ3) is 2.34. The number of nitrogens with zero attached hydrogens (tertiary/aromatic N) is 2. The van der Waals surface area contributed by atoms with Crippen molar-refractivity contribution in [2.24, 2.45) is 0 Å². The molecule has 3 aromatic rings. The van der Waals surface area contributed by atoms with Crippen molar-refractivity contribution in [2.75, 3.05) is 13.1 Å². The average Bonchev–Trinajstić information content (AvgIpc) is 3.23. The Balaban J connectivity index is 1.94. The summed E-state index contributed by atoms with van der Waals surface area (Å²) in [6.07, 6.45) is 4.46. The molecule has 2 aromatic heterocycles. The Hall–Kier alpha value is -2.18. The summed E-state index contributed by atoms with van der Waals surface area (Å²) in [5, 5.41) is 3.33. The molecule has 0 amide bonds. The quantitative estimate of drug-likeness (QED) is 0.802. The fourth-order valence-corrected chi connectivity index (χ4v) is 4.56. The van der Waals surface area contributed by atoms with Gasteiger partial charge in [-0.05, 0) is 37.2 Å². The summed E-state index contributed by atoms with van der Waals surface area (Å²) >= 11 is 0. The number of aromatic nitrogens is 2. The van der Waals surface area contributed by atoms with E-state index in [9.17, 15) is 8.42 Å². The number of fused-ring (bicyclic) bond motifs is 1. The largest absolute Gasteiger partial charge is 0.316 e. The van der Waals surface area contributed by atoms with Gasteiger partial charge in [0.05, 0.1) is 15.9 Å². The van der Waals surface area contributed by atoms with Gasteiger partial charge < -0.3 is 5.32 Å². The van der Waals surface area contributed by atoms with Crippen LogP contribution in [0.5, 0.6) is 0 Å². The van der Waals surface area contributed by atoms with Crippen molar-refractivity contribution < 1.29 is 8.42 Å². The van der Waals surface area contributed by atoms with E-state index in [0.717, 1.165) is 30.6 Å². The summed E-state index contributed by atoms with van der Waals surface area (Å²) in [4.78, 5) is 4.73. The Bertz CT molecular complexity index is 942. The first-order chi connectivity index (χ1) is 11.2. The molecule has 0 unspecified atom stereocenters. The van der Waals surface area contributed by atoms with E-state index in [1.165, 1.54) is 3.97 Å². The third-order valence-electron chi connectivity index (χ3n) is 4.35. The number of rotatable bonds is 3. The van der Waals surface area contributed by atoms with E-state index in [4.69, 9.17) is 0 Å². The molecule has 0 radical (unpaired) electrons. The fourth-order valence-electron chi connectivity index (χ4n) is 3.18. The highest BCUT2D eigenvalue weighted by Crippen LogP contribution is 2.32. The molecule has 3 heterocycles. The van der Waals surface area contributed by atoms with Gasteiger partial charge >= 0.3 is 0 Å². The average molecular weight is 327 g/mol. The predicted molar refractivity (Wildman–Crippen MR) is 89.0 cm³/mol. The molecule has 5 nitrogen and oxygen atoms in total. The van der Waals surface area contributed by atoms with Gasteiger partial charge in [-0.15, -0.1) is 0 Å². The molecule has 1 saturated heterocycles. The van der Waals surface area contributed by atoms with Gasteiger partial charge in [0.15, 0.2) is 0 Å². The normalized spacial score (nSPS) is 18.5. The monoisotopic (exact) mass is 327 g/mol. The van der Waals surface area contributed by atoms with Crippen LogP contribution in [0.2, 0.25) is 0 Å². The summed E-state index contributed by atoms with van der Waals surface area (Å²) in [6, 6.07) is 12.1. The summed E-state index contributed by atoms with van der Waals surface area (Å²) in [5.74, 6) is 0.305. The number of pyridine rings is 1. The zero-order valence-corrected chi connectivity index (χ0v) is 13.3. The van der Waals surface area contributed by atoms with Gasteiger partial charge in [0, 0.05) is 30.4 Å². The van der Waals surface area contributed by atoms with E-state index in [0.29, 0.717) is 11.4 Å². The minimum atomic E-state index is -3.62. The van der Waals surface area contributed by atoms with E-state index in [1.807, 2.05) is 12.1 Å². The van der Waals surface area contributed by atoms with Crippen LogP contribution in [0.3, 0.4) is 0 Å². The third-order valence-corrected chi connectivity index (χ3v) is 6.04. The summed E-state index contributed by atoms with van der Waals surface area (Å²) < 4.78 is 27.4. The molecule has 0 bridgehead atoms. The van der Waals surface area contributed by atoms with Gasteiger partial charge in [0.2, 0.25) is 0 Å². The molecule has 1 fully saturated rings. The minimum absolute atomic E-state index is 0.289. The second kappa shape index (κ2) is 5.47. The van der Waals surface area contributed by atoms with Gasteiger partial charge in [0.1, 0.15) is 0 Å². The topological polar surface area (TPSA) is 64.0 Å². The fraction of sp³-hybridized carbons (Fsp3) is 0.235. The highest BCUT2D eigenvalue weighted by molar-refractivity contribution is 7.90. The molecule has 1 N–H and O–H groups in total. The van der Waals surface area contributed by atoms with Gasteiger partial charge in [-0.25, -0.2) is 12.4 Å². The lowest BCUT2D eigenvalue weighted by molar-refractivity contribution is 0.588. The molecular formula is C17H17N3O2S. The maximum Gasteiger partial charge on any atom is 0.268 e. The smallest absolute Gasteiger partial charge is 0.268 e. The molecular weight excluding hydrogens is 310 g/mol. The van der Waals surface area contributed by atoms with Crippen LogP contribution in [-0.4, -0.2) is 30.5 Å². The first-order valence-electron chi connectivity index (χ1n) is 7.65. The Labute approximate surface area is 135 Å². The first kappa shape index (κ1) is 14.4. The van der Waals surface area contributed by atoms with Crippen LogP contribution >= 0.6 is 0 Å². The van der Waals surface area contributed by atoms with Crippen LogP contribution in [0.1, 0.15) is 17.9 Å². The number of hydrogen-bond acceptors (Lipinski definition) is 4. The van der Waals surface area contributed by atoms with Crippen molar-refractivity contribution in [3.05, 3.63) is 60.4 Å². The molecule has 1 aliphatic heterocycles. The Morgan fingerprint density at radius 2 is 1.96 bits per heavy atom. The van der Waals surface area contributed by atoms with E-state index in [-0.39, 0.29) is 4.90 Å². The van der Waals surface area contributed by atoms with Gasteiger partial charge in [-0.2, -0.15) is 0 Å². The van der Waals surface area contributed by atoms with Crippen molar-refractivity contribution in [2.45, 2.75) is 17.2 Å². The van der Waals surface area contributed by atoms with Crippen LogP contribution < -0.4 is 5.32 Å². The van der Waals surface area contributed by atoms with E-state index in [1.54, 1.807) is 42.7 Å². The lowest BCUT2D eigenvalue weighted by Crippen LogP contribution is -2.12. The zero-order valence-electron chi connectivity index (χ0n) is 12.5. The summed E-state index contributed by atoms with van der Waals surface area (Å²) in [7, 11) is -3.62. The Kier molecular flexibility index (Phi) is 3.43. The molecule has 118 valence electrons. The molecule has 1 atom stereocenters. The van der Waals surface area contributed by atoms with E-state index in [2.05, 4.69) is 10.3 Å². The second-order valence-corrected chi connectivity index (χ2v) is 7.57. The lowest BCUT2D eigenvalue weighted by atomic mass is 10.0. The predicted octanol–water partition coefficient (Wildman–Crippen LogP) is 2.35. The van der Waals surface area contributed by atoms with Gasteiger partial charge in [0.25, 0.3) is 10.0 Å². The van der Waals surface area contributed by atoms with Gasteiger partial charge in [-0.3, -0.25) is 4.98 Å². The van der Waals surface area contributed by atoms with Crippen LogP contribution in [0.4, 0.5) is 0 Å². The molecule has 23 heavy (non-hydrogen) atoms. The Morgan fingerprint density at radius 1 is 1.13 bits per heavy atom. The van der Waals surface area contributed by atoms with Crippen LogP contribution in [-0.2, 0) is 10.0 Å². The number of hydrogen-bond donors (Lipinski definition) is 1. The number of benzene rings is 1. The van der Waals surface area contributed by atoms with E-state index >= 15 is 0 Å². The van der Waals surface area contributed by atoms with Crippen LogP contribution in [0.25, 0.3) is 11.0 Å². The Morgan fingerprint density at radius 3 is 2.70 bits per heavy atom. The molecule has 0 spiro atoms. The number of nitrogens with one attached hydrogen (secondary N) is 1. The minimum Gasteiger partial charge on any atom is -0.316 e. The maximum absolute atomic E-state index is 13.0. The SMILES string of the molecule is O=S(=O)(c1ccccc1)n1cc([C@H]2CCNC2)c2ncccc21. The first-order valence-corrected chi connectivity index (χ1v) is 9.09. The van der Waals surface area contributed by atoms with Crippen LogP contribution in [0, 0.1) is 0 Å². The molecule has 1 aliphatic rings. The van der Waals surface area contributed by atoms with Crippen molar-refractivity contribution in [3.63, 3.8) is 0 Å². The second-order valence-electron chi connectivity index (χ2n) is 5.76. The van der Waals surface area contributed by atoms with Crippen molar-refractivity contribution in [1.82, 2.24) is 14.3 Å². The van der Waals surface area contributed by atoms with Crippen molar-refractivity contribution >= 4 is 21.1 Å². The summed E-state index contributed by atoms with van der Waals surface area (Å²) in [5.41, 5.74) is 2.42. The van der Waals surface area contributed by atoms with Gasteiger partial charge in [-0.1, -0.05) is 18.2 Å². The van der Waals surface area contributed by atoms with E-state index < -0.39 is 10.0 Å². The standard InChI is InChI=1S/C17H17N3O2S/c21-23(22,14-5-2-1-3-6-14)20-12-15(13-8-10-18-11-13)17-16(20)7-4-9-19-17/h1-7,9,12-13,18H,8,10-11H2/t13-/m0/s1. The zero-order chi connectivity index (χ0) is 15.9. The molecule has 4 rings (SSSR count).